The molecule has 0 saturated carbocycles. The number of hydrogen-bond donors (Lipinski definition) is 0. The minimum Gasteiger partial charge on any atom is -0.0652 e. The molecular weight excluding hydrogens is 542 g/mol. The van der Waals surface area contributed by atoms with E-state index in [2.05, 4.69) is 102 Å². The second kappa shape index (κ2) is 21.7. The van der Waals surface area contributed by atoms with Gasteiger partial charge in [-0.25, -0.2) is 0 Å². The first kappa shape index (κ1) is 37.2. The van der Waals surface area contributed by atoms with Gasteiger partial charge >= 0.3 is 0 Å². The summed E-state index contributed by atoms with van der Waals surface area (Å²) in [6, 6.07) is 19.2. The van der Waals surface area contributed by atoms with Gasteiger partial charge in [-0.15, -0.1) is 0 Å². The quantitative estimate of drug-likeness (QED) is 0.0819. The van der Waals surface area contributed by atoms with Crippen LogP contribution in [0.2, 0.25) is 0 Å². The maximum atomic E-state index is 2.44. The number of hydrogen-bond acceptors (Lipinski definition) is 0. The number of rotatable bonds is 24. The highest BCUT2D eigenvalue weighted by Crippen LogP contribution is 2.64. The third kappa shape index (κ3) is 13.8. The van der Waals surface area contributed by atoms with Gasteiger partial charge in [0.1, 0.15) is 0 Å². The summed E-state index contributed by atoms with van der Waals surface area (Å²) in [5.74, 6) is 0. The monoisotopic (exact) mass is 610 g/mol. The van der Waals surface area contributed by atoms with Crippen LogP contribution in [0.4, 0.5) is 0 Å². The molecule has 0 unspecified atom stereocenters. The number of unbranched alkanes of at least 4 members (excludes halogenated alkanes) is 6. The summed E-state index contributed by atoms with van der Waals surface area (Å²) in [5.41, 5.74) is 5.81. The maximum Gasteiger partial charge on any atom is 0.0842 e. The summed E-state index contributed by atoms with van der Waals surface area (Å²) >= 11 is 0. The molecule has 2 rings (SSSR count). The molecule has 0 heterocycles. The Morgan fingerprint density at radius 3 is 0.833 bits per heavy atom. The Hall–Kier alpha value is -0.960. The Labute approximate surface area is 264 Å². The molecule has 0 aliphatic carbocycles. The van der Waals surface area contributed by atoms with E-state index >= 15 is 0 Å². The van der Waals surface area contributed by atoms with Crippen molar-refractivity contribution in [3.63, 3.8) is 0 Å². The molecule has 0 spiro atoms. The maximum absolute atomic E-state index is 2.44. The molecule has 0 fully saturated rings. The molecule has 42 heavy (non-hydrogen) atoms. The minimum atomic E-state index is -0.901. The van der Waals surface area contributed by atoms with Crippen molar-refractivity contribution in [1.29, 1.82) is 0 Å². The predicted octanol–water partition coefficient (Wildman–Crippen LogP) is 13.7. The van der Waals surface area contributed by atoms with E-state index in [9.17, 15) is 0 Å². The van der Waals surface area contributed by atoms with Gasteiger partial charge in [-0.1, -0.05) is 141 Å². The first-order valence-electron chi connectivity index (χ1n) is 18.0. The van der Waals surface area contributed by atoms with E-state index < -0.39 is 14.5 Å². The third-order valence-corrected chi connectivity index (χ3v) is 19.0. The van der Waals surface area contributed by atoms with E-state index in [0.717, 1.165) is 0 Å². The van der Waals surface area contributed by atoms with Gasteiger partial charge in [0, 0.05) is 14.5 Å². The summed E-state index contributed by atoms with van der Waals surface area (Å²) in [6.45, 7) is 14.2. The molecule has 0 saturated heterocycles. The van der Waals surface area contributed by atoms with Crippen molar-refractivity contribution in [2.45, 2.75) is 131 Å². The lowest BCUT2D eigenvalue weighted by Gasteiger charge is -2.28. The lowest BCUT2D eigenvalue weighted by molar-refractivity contribution is 0.832. The van der Waals surface area contributed by atoms with Gasteiger partial charge in [0.2, 0.25) is 0 Å². The molecule has 0 aromatic heterocycles. The van der Waals surface area contributed by atoms with Crippen LogP contribution in [0, 0.1) is 0 Å². The molecule has 0 nitrogen and oxygen atoms in total. The fraction of sp³-hybridized carbons (Fsp3) is 0.650. The standard InChI is InChI=1S/C40H68P2/c1-7-13-29-41(30-14-8-2,31-15-9-3)35-39-25-21-37(22-26-39)19-20-38-23-27-40(28-24-38)36-42(32-16-10-4,33-17-11-5)34-18-12-6/h19-28H,7-18,29-36H2,1-6H3/q+2/b20-19+. The SMILES string of the molecule is CCCC[P+](CCCC)(CCCC)Cc1ccc(/C=C/c2ccc(C[P+](CCCC)(CCCC)CCCC)cc2)cc1. The number of benzene rings is 2. The molecule has 0 aliphatic heterocycles. The van der Waals surface area contributed by atoms with Crippen LogP contribution in [0.5, 0.6) is 0 Å². The average molecular weight is 611 g/mol. The average Bonchev–Trinajstić information content (AvgIpc) is 3.02. The Kier molecular flexibility index (Phi) is 19.2. The molecule has 2 heteroatoms. The zero-order chi connectivity index (χ0) is 30.5. The molecule has 2 aromatic carbocycles. The molecule has 0 atom stereocenters. The van der Waals surface area contributed by atoms with Crippen molar-refractivity contribution in [2.75, 3.05) is 37.0 Å². The summed E-state index contributed by atoms with van der Waals surface area (Å²) in [4.78, 5) is 0. The predicted molar refractivity (Wildman–Crippen MR) is 202 cm³/mol. The molecule has 0 aliphatic rings. The first-order valence-corrected chi connectivity index (χ1v) is 23.1. The van der Waals surface area contributed by atoms with Crippen LogP contribution >= 0.6 is 14.5 Å². The van der Waals surface area contributed by atoms with E-state index in [4.69, 9.17) is 0 Å². The van der Waals surface area contributed by atoms with Gasteiger partial charge in [-0.2, -0.15) is 0 Å². The van der Waals surface area contributed by atoms with Gasteiger partial charge < -0.3 is 0 Å². The minimum absolute atomic E-state index is 0.901. The Bertz CT molecular complexity index is 833. The van der Waals surface area contributed by atoms with Crippen molar-refractivity contribution >= 4 is 26.7 Å². The van der Waals surface area contributed by atoms with Crippen LogP contribution in [0.25, 0.3) is 12.2 Å². The van der Waals surface area contributed by atoms with Crippen molar-refractivity contribution < 1.29 is 0 Å². The third-order valence-electron chi connectivity index (χ3n) is 9.38. The van der Waals surface area contributed by atoms with E-state index in [-0.39, 0.29) is 0 Å². The van der Waals surface area contributed by atoms with Gasteiger partial charge in [-0.3, -0.25) is 0 Å². The van der Waals surface area contributed by atoms with Gasteiger partial charge in [0.05, 0.1) is 49.3 Å². The van der Waals surface area contributed by atoms with Crippen LogP contribution in [0.3, 0.4) is 0 Å². The smallest absolute Gasteiger partial charge is 0.0652 e. The summed E-state index contributed by atoms with van der Waals surface area (Å²) in [6.07, 6.45) is 32.9. The van der Waals surface area contributed by atoms with Gasteiger partial charge in [0.25, 0.3) is 0 Å². The van der Waals surface area contributed by atoms with Crippen molar-refractivity contribution in [1.82, 2.24) is 0 Å². The van der Waals surface area contributed by atoms with Crippen LogP contribution < -0.4 is 0 Å². The second-order valence-corrected chi connectivity index (χ2v) is 22.0. The Morgan fingerprint density at radius 1 is 0.381 bits per heavy atom. The summed E-state index contributed by atoms with van der Waals surface area (Å²) in [7, 11) is -1.80. The summed E-state index contributed by atoms with van der Waals surface area (Å²) < 4.78 is 0. The topological polar surface area (TPSA) is 0 Å². The van der Waals surface area contributed by atoms with Crippen LogP contribution in [0.1, 0.15) is 141 Å². The lowest BCUT2D eigenvalue weighted by Crippen LogP contribution is -2.11. The molecular formula is C40H68P2+2. The van der Waals surface area contributed by atoms with Crippen LogP contribution in [-0.4, -0.2) is 37.0 Å². The van der Waals surface area contributed by atoms with Gasteiger partial charge in [-0.05, 0) is 60.8 Å². The molecule has 0 amide bonds. The lowest BCUT2D eigenvalue weighted by atomic mass is 10.1. The fourth-order valence-corrected chi connectivity index (χ4v) is 16.7. The van der Waals surface area contributed by atoms with Gasteiger partial charge in [0.15, 0.2) is 0 Å². The normalized spacial score (nSPS) is 12.4. The van der Waals surface area contributed by atoms with E-state index in [1.165, 1.54) is 137 Å². The van der Waals surface area contributed by atoms with E-state index in [0.29, 0.717) is 0 Å². The molecule has 0 N–H and O–H groups in total. The zero-order valence-corrected chi connectivity index (χ0v) is 30.6. The van der Waals surface area contributed by atoms with Crippen molar-refractivity contribution in [2.24, 2.45) is 0 Å². The van der Waals surface area contributed by atoms with Crippen LogP contribution in [-0.2, 0) is 12.3 Å². The highest BCUT2D eigenvalue weighted by Gasteiger charge is 2.36. The Morgan fingerprint density at radius 2 is 0.619 bits per heavy atom. The first-order chi connectivity index (χ1) is 20.5. The molecule has 0 bridgehead atoms. The highest BCUT2D eigenvalue weighted by atomic mass is 31.2. The van der Waals surface area contributed by atoms with Crippen molar-refractivity contribution in [3.8, 4) is 0 Å². The van der Waals surface area contributed by atoms with Crippen LogP contribution in [0.15, 0.2) is 48.5 Å². The highest BCUT2D eigenvalue weighted by molar-refractivity contribution is 7.75. The molecule has 236 valence electrons. The molecule has 0 radical (unpaired) electrons. The van der Waals surface area contributed by atoms with E-state index in [1.54, 1.807) is 11.1 Å². The van der Waals surface area contributed by atoms with E-state index in [1.807, 2.05) is 0 Å². The second-order valence-electron chi connectivity index (χ2n) is 13.3. The zero-order valence-electron chi connectivity index (χ0n) is 28.8. The summed E-state index contributed by atoms with van der Waals surface area (Å²) in [5, 5.41) is 0. The largest absolute Gasteiger partial charge is 0.0842 e. The molecule has 2 aromatic rings. The van der Waals surface area contributed by atoms with Crippen molar-refractivity contribution in [3.05, 3.63) is 70.8 Å². The fourth-order valence-electron chi connectivity index (χ4n) is 6.54. The Balaban J connectivity index is 2.10.